The minimum absolute atomic E-state index is 0.0590. The van der Waals surface area contributed by atoms with Gasteiger partial charge in [0.2, 0.25) is 0 Å². The van der Waals surface area contributed by atoms with Gasteiger partial charge in [-0.2, -0.15) is 0 Å². The highest BCUT2D eigenvalue weighted by Crippen LogP contribution is 2.10. The van der Waals surface area contributed by atoms with E-state index in [2.05, 4.69) is 21.2 Å². The van der Waals surface area contributed by atoms with Gasteiger partial charge in [0.25, 0.3) is 5.91 Å². The van der Waals surface area contributed by atoms with Crippen LogP contribution in [0, 0.1) is 11.6 Å². The maximum absolute atomic E-state index is 13.2. The van der Waals surface area contributed by atoms with Crippen molar-refractivity contribution >= 4 is 21.8 Å². The number of hydrogen-bond acceptors (Lipinski definition) is 1. The van der Waals surface area contributed by atoms with Crippen LogP contribution < -0.4 is 5.32 Å². The topological polar surface area (TPSA) is 29.1 Å². The second-order valence-corrected chi connectivity index (χ2v) is 4.27. The maximum atomic E-state index is 13.2. The molecule has 5 heteroatoms. The predicted molar refractivity (Wildman–Crippen MR) is 61.7 cm³/mol. The highest BCUT2D eigenvalue weighted by molar-refractivity contribution is 9.09. The lowest BCUT2D eigenvalue weighted by atomic mass is 10.1. The highest BCUT2D eigenvalue weighted by Gasteiger charge is 2.14. The molecule has 1 aromatic carbocycles. The molecule has 0 bridgehead atoms. The van der Waals surface area contributed by atoms with E-state index in [9.17, 15) is 13.6 Å². The summed E-state index contributed by atoms with van der Waals surface area (Å²) in [6.07, 6.45) is 0.745. The maximum Gasteiger partial charge on any atom is 0.254 e. The summed E-state index contributed by atoms with van der Waals surface area (Å²) in [6.45, 7) is 1.82. The second-order valence-electron chi connectivity index (χ2n) is 3.48. The van der Waals surface area contributed by atoms with Crippen LogP contribution in [0.25, 0.3) is 0 Å². The number of alkyl halides is 1. The molecule has 1 rings (SSSR count). The zero-order valence-electron chi connectivity index (χ0n) is 8.77. The molecule has 0 spiro atoms. The van der Waals surface area contributed by atoms with Gasteiger partial charge in [0.15, 0.2) is 0 Å². The normalized spacial score (nSPS) is 12.2. The van der Waals surface area contributed by atoms with Crippen molar-refractivity contribution in [2.75, 3.05) is 5.33 Å². The number of halogens is 3. The van der Waals surface area contributed by atoms with Crippen LogP contribution in [0.2, 0.25) is 0 Å². The van der Waals surface area contributed by atoms with Crippen molar-refractivity contribution in [2.24, 2.45) is 0 Å². The zero-order chi connectivity index (χ0) is 12.1. The number of benzene rings is 1. The number of nitrogens with one attached hydrogen (secondary N) is 1. The number of carbonyl (C=O) groups excluding carboxylic acids is 1. The Hall–Kier alpha value is -0.970. The number of amides is 1. The largest absolute Gasteiger partial charge is 0.349 e. The van der Waals surface area contributed by atoms with Gasteiger partial charge in [0.05, 0.1) is 5.56 Å². The van der Waals surface area contributed by atoms with Crippen LogP contribution in [-0.4, -0.2) is 17.3 Å². The van der Waals surface area contributed by atoms with E-state index < -0.39 is 17.5 Å². The Kier molecular flexibility index (Phi) is 4.86. The van der Waals surface area contributed by atoms with Gasteiger partial charge < -0.3 is 5.32 Å². The van der Waals surface area contributed by atoms with Crippen molar-refractivity contribution in [1.82, 2.24) is 5.32 Å². The third-order valence-corrected chi connectivity index (χ3v) is 2.55. The van der Waals surface area contributed by atoms with Crippen LogP contribution >= 0.6 is 15.9 Å². The first-order chi connectivity index (χ1) is 7.54. The Morgan fingerprint density at radius 2 is 2.19 bits per heavy atom. The smallest absolute Gasteiger partial charge is 0.254 e. The molecule has 1 aromatic rings. The summed E-state index contributed by atoms with van der Waals surface area (Å²) in [5.41, 5.74) is -0.136. The summed E-state index contributed by atoms with van der Waals surface area (Å²) >= 11 is 3.25. The lowest BCUT2D eigenvalue weighted by Crippen LogP contribution is -2.33. The monoisotopic (exact) mass is 291 g/mol. The van der Waals surface area contributed by atoms with Gasteiger partial charge >= 0.3 is 0 Å². The first-order valence-electron chi connectivity index (χ1n) is 4.86. The Morgan fingerprint density at radius 1 is 1.50 bits per heavy atom. The molecule has 0 aliphatic carbocycles. The van der Waals surface area contributed by atoms with Crippen LogP contribution in [0.4, 0.5) is 8.78 Å². The summed E-state index contributed by atoms with van der Waals surface area (Å²) in [5.74, 6) is -2.06. The van der Waals surface area contributed by atoms with Crippen LogP contribution in [0.1, 0.15) is 23.7 Å². The van der Waals surface area contributed by atoms with E-state index in [-0.39, 0.29) is 11.6 Å². The average Bonchev–Trinajstić information content (AvgIpc) is 2.17. The van der Waals surface area contributed by atoms with E-state index in [1.807, 2.05) is 6.92 Å². The molecule has 0 heterocycles. The lowest BCUT2D eigenvalue weighted by molar-refractivity contribution is 0.0935. The third kappa shape index (κ3) is 3.56. The van der Waals surface area contributed by atoms with Gasteiger partial charge in [0.1, 0.15) is 11.6 Å². The molecule has 16 heavy (non-hydrogen) atoms. The van der Waals surface area contributed by atoms with E-state index in [0.717, 1.165) is 23.9 Å². The van der Waals surface area contributed by atoms with Crippen LogP contribution in [0.5, 0.6) is 0 Å². The minimum atomic E-state index is -0.844. The Labute approximate surface area is 101 Å². The molecular weight excluding hydrogens is 280 g/mol. The van der Waals surface area contributed by atoms with E-state index in [1.54, 1.807) is 0 Å². The van der Waals surface area contributed by atoms with E-state index in [4.69, 9.17) is 0 Å². The van der Waals surface area contributed by atoms with Crippen molar-refractivity contribution in [3.8, 4) is 0 Å². The highest BCUT2D eigenvalue weighted by atomic mass is 79.9. The molecule has 1 atom stereocenters. The Balaban J connectivity index is 2.73. The van der Waals surface area contributed by atoms with Crippen molar-refractivity contribution in [1.29, 1.82) is 0 Å². The van der Waals surface area contributed by atoms with E-state index in [0.29, 0.717) is 6.07 Å². The second kappa shape index (κ2) is 5.94. The molecule has 88 valence electrons. The van der Waals surface area contributed by atoms with Gasteiger partial charge in [-0.3, -0.25) is 4.79 Å². The fraction of sp³-hybridized carbons (Fsp3) is 0.364. The minimum Gasteiger partial charge on any atom is -0.349 e. The van der Waals surface area contributed by atoms with E-state index in [1.165, 1.54) is 0 Å². The van der Waals surface area contributed by atoms with Gasteiger partial charge in [-0.1, -0.05) is 15.9 Å². The number of carbonyl (C=O) groups is 1. The molecule has 2 nitrogen and oxygen atoms in total. The van der Waals surface area contributed by atoms with Crippen LogP contribution in [-0.2, 0) is 0 Å². The molecule has 0 aliphatic heterocycles. The molecule has 0 saturated heterocycles. The van der Waals surface area contributed by atoms with Crippen LogP contribution in [0.15, 0.2) is 18.2 Å². The summed E-state index contributed by atoms with van der Waals surface area (Å²) in [7, 11) is 0. The van der Waals surface area contributed by atoms with Gasteiger partial charge in [-0.15, -0.1) is 0 Å². The predicted octanol–water partition coefficient (Wildman–Crippen LogP) is 2.87. The quantitative estimate of drug-likeness (QED) is 0.849. The average molecular weight is 292 g/mol. The molecule has 0 saturated carbocycles. The Bertz CT molecular complexity index is 384. The molecule has 1 N–H and O–H groups in total. The van der Waals surface area contributed by atoms with Crippen molar-refractivity contribution < 1.29 is 13.6 Å². The fourth-order valence-corrected chi connectivity index (χ4v) is 1.90. The molecule has 0 radical (unpaired) electrons. The summed E-state index contributed by atoms with van der Waals surface area (Å²) in [5, 5.41) is 3.38. The summed E-state index contributed by atoms with van der Waals surface area (Å²) in [4.78, 5) is 11.6. The molecule has 0 fully saturated rings. The Morgan fingerprint density at radius 3 is 2.75 bits per heavy atom. The SMILES string of the molecule is CC(CCBr)NC(=O)c1ccc(F)cc1F. The van der Waals surface area contributed by atoms with Gasteiger partial charge in [-0.05, 0) is 25.5 Å². The third-order valence-electron chi connectivity index (χ3n) is 2.10. The molecule has 0 aromatic heterocycles. The number of hydrogen-bond donors (Lipinski definition) is 1. The van der Waals surface area contributed by atoms with E-state index >= 15 is 0 Å². The van der Waals surface area contributed by atoms with Gasteiger partial charge in [-0.25, -0.2) is 8.78 Å². The van der Waals surface area contributed by atoms with Crippen molar-refractivity contribution in [2.45, 2.75) is 19.4 Å². The summed E-state index contributed by atoms with van der Waals surface area (Å²) < 4.78 is 25.8. The number of rotatable bonds is 4. The molecule has 0 aliphatic rings. The van der Waals surface area contributed by atoms with Crippen molar-refractivity contribution in [3.05, 3.63) is 35.4 Å². The molecule has 1 amide bonds. The summed E-state index contributed by atoms with van der Waals surface area (Å²) in [6, 6.07) is 2.84. The molecule has 1 unspecified atom stereocenters. The standard InChI is InChI=1S/C11H12BrF2NO/c1-7(4-5-12)15-11(16)9-3-2-8(13)6-10(9)14/h2-3,6-7H,4-5H2,1H3,(H,15,16). The van der Waals surface area contributed by atoms with Gasteiger partial charge in [0, 0.05) is 17.4 Å². The first kappa shape index (κ1) is 13.1. The van der Waals surface area contributed by atoms with Crippen LogP contribution in [0.3, 0.4) is 0 Å². The lowest BCUT2D eigenvalue weighted by Gasteiger charge is -2.12. The first-order valence-corrected chi connectivity index (χ1v) is 5.98. The zero-order valence-corrected chi connectivity index (χ0v) is 10.4. The van der Waals surface area contributed by atoms with Crippen molar-refractivity contribution in [3.63, 3.8) is 0 Å². The molecular formula is C11H12BrF2NO. The fourth-order valence-electron chi connectivity index (χ4n) is 1.21.